The van der Waals surface area contributed by atoms with Gasteiger partial charge in [0.15, 0.2) is 6.19 Å². The molecule has 0 saturated carbocycles. The molecule has 2 atom stereocenters. The normalized spacial score (nSPS) is 16.2. The Bertz CT molecular complexity index is 1260. The van der Waals surface area contributed by atoms with E-state index in [1.54, 1.807) is 25.2 Å². The zero-order valence-corrected chi connectivity index (χ0v) is 19.1. The molecule has 1 aromatic heterocycles. The van der Waals surface area contributed by atoms with E-state index in [1.807, 2.05) is 4.90 Å². The van der Waals surface area contributed by atoms with E-state index in [9.17, 15) is 23.5 Å². The highest BCUT2D eigenvalue weighted by molar-refractivity contribution is 7.15. The lowest BCUT2D eigenvalue weighted by Crippen LogP contribution is -2.55. The van der Waals surface area contributed by atoms with Crippen LogP contribution in [0.25, 0.3) is 10.6 Å². The first-order valence-corrected chi connectivity index (χ1v) is 11.4. The number of nitriles is 1. The van der Waals surface area contributed by atoms with E-state index in [0.29, 0.717) is 36.1 Å². The Labute approximate surface area is 199 Å². The number of rotatable bonds is 7. The molecule has 2 heterocycles. The van der Waals surface area contributed by atoms with Gasteiger partial charge in [0.25, 0.3) is 0 Å². The van der Waals surface area contributed by atoms with Gasteiger partial charge in [-0.15, -0.1) is 11.3 Å². The largest absolute Gasteiger partial charge is 0.381 e. The van der Waals surface area contributed by atoms with Crippen LogP contribution in [0.2, 0.25) is 0 Å². The third-order valence-electron chi connectivity index (χ3n) is 6.16. The van der Waals surface area contributed by atoms with Gasteiger partial charge in [0.1, 0.15) is 28.1 Å². The Hall–Kier alpha value is -3.26. The lowest BCUT2D eigenvalue weighted by Gasteiger charge is -2.43. The highest BCUT2D eigenvalue weighted by atomic mass is 32.1. The van der Waals surface area contributed by atoms with E-state index in [2.05, 4.69) is 4.98 Å². The quantitative estimate of drug-likeness (QED) is 0.226. The highest BCUT2D eigenvalue weighted by Gasteiger charge is 2.43. The maximum atomic E-state index is 14.8. The molecule has 2 N–H and O–H groups in total. The van der Waals surface area contributed by atoms with Crippen LogP contribution in [0.1, 0.15) is 23.1 Å². The van der Waals surface area contributed by atoms with Crippen molar-refractivity contribution in [2.24, 2.45) is 0 Å². The number of aliphatic hydroxyl groups is 1. The molecule has 34 heavy (non-hydrogen) atoms. The maximum Gasteiger partial charge on any atom is 0.185 e. The summed E-state index contributed by atoms with van der Waals surface area (Å²) in [6.07, 6.45) is 3.11. The zero-order chi connectivity index (χ0) is 24.5. The highest BCUT2D eigenvalue weighted by Crippen LogP contribution is 2.37. The SMILES string of the molecule is C[C@@H](N1CCc2nc(-c3cccc(F)c3)sc2C1)[C@](O)(CN(C#N)C=N)c1ccc(F)cc1F. The van der Waals surface area contributed by atoms with Gasteiger partial charge >= 0.3 is 0 Å². The molecule has 0 aliphatic carbocycles. The Balaban J connectivity index is 1.66. The number of thiazole rings is 1. The van der Waals surface area contributed by atoms with Crippen molar-refractivity contribution in [3.8, 4) is 16.8 Å². The first kappa shape index (κ1) is 23.9. The fraction of sp³-hybridized carbons (Fsp3) is 0.292. The topological polar surface area (TPSA) is 87.2 Å². The molecular weight excluding hydrogens is 463 g/mol. The molecule has 0 fully saturated rings. The summed E-state index contributed by atoms with van der Waals surface area (Å²) in [6, 6.07) is 8.43. The second kappa shape index (κ2) is 9.54. The minimum atomic E-state index is -1.92. The molecule has 0 spiro atoms. The van der Waals surface area contributed by atoms with Crippen molar-refractivity contribution in [2.75, 3.05) is 13.1 Å². The van der Waals surface area contributed by atoms with Crippen molar-refractivity contribution in [1.29, 1.82) is 10.7 Å². The molecule has 0 saturated heterocycles. The lowest BCUT2D eigenvalue weighted by atomic mass is 9.84. The average Bonchev–Trinajstić information content (AvgIpc) is 3.25. The van der Waals surface area contributed by atoms with Crippen LogP contribution in [0, 0.1) is 34.3 Å². The van der Waals surface area contributed by atoms with E-state index in [0.717, 1.165) is 27.9 Å². The third-order valence-corrected chi connectivity index (χ3v) is 7.30. The standard InChI is InChI=1S/C24H22F3N5OS/c1-15(24(33,12-31(13-28)14-29)19-6-5-18(26)10-20(19)27)32-8-7-21-22(11-32)34-23(30-21)16-3-2-4-17(25)9-16/h2-6,9-10,13,15,28,33H,7-8,11-12H2,1H3/t15-,24-/m1/s1. The Morgan fingerprint density at radius 1 is 1.29 bits per heavy atom. The fourth-order valence-electron chi connectivity index (χ4n) is 4.25. The van der Waals surface area contributed by atoms with Crippen molar-refractivity contribution in [3.05, 3.63) is 76.1 Å². The summed E-state index contributed by atoms with van der Waals surface area (Å²) in [5, 5.41) is 29.2. The van der Waals surface area contributed by atoms with Gasteiger partial charge in [-0.05, 0) is 25.1 Å². The number of halogens is 3. The first-order valence-electron chi connectivity index (χ1n) is 10.6. The number of hydrogen-bond donors (Lipinski definition) is 2. The predicted molar refractivity (Wildman–Crippen MR) is 122 cm³/mol. The minimum absolute atomic E-state index is 0.154. The lowest BCUT2D eigenvalue weighted by molar-refractivity contribution is -0.0593. The molecular formula is C24H22F3N5OS. The number of nitrogens with zero attached hydrogens (tertiary/aromatic N) is 4. The smallest absolute Gasteiger partial charge is 0.185 e. The van der Waals surface area contributed by atoms with E-state index in [-0.39, 0.29) is 17.9 Å². The van der Waals surface area contributed by atoms with Crippen molar-refractivity contribution in [1.82, 2.24) is 14.8 Å². The molecule has 10 heteroatoms. The summed E-state index contributed by atoms with van der Waals surface area (Å²) in [7, 11) is 0. The maximum absolute atomic E-state index is 14.8. The molecule has 0 amide bonds. The van der Waals surface area contributed by atoms with Gasteiger partial charge in [-0.1, -0.05) is 18.2 Å². The molecule has 4 rings (SSSR count). The monoisotopic (exact) mass is 485 g/mol. The third kappa shape index (κ3) is 4.55. The summed E-state index contributed by atoms with van der Waals surface area (Å²) in [6.45, 7) is 2.24. The van der Waals surface area contributed by atoms with Gasteiger partial charge in [0.2, 0.25) is 0 Å². The van der Waals surface area contributed by atoms with Crippen molar-refractivity contribution < 1.29 is 18.3 Å². The Kier molecular flexibility index (Phi) is 6.70. The Morgan fingerprint density at radius 3 is 2.74 bits per heavy atom. The van der Waals surface area contributed by atoms with Crippen LogP contribution in [-0.4, -0.2) is 45.4 Å². The molecule has 0 bridgehead atoms. The number of benzene rings is 2. The summed E-state index contributed by atoms with van der Waals surface area (Å²) in [5.74, 6) is -2.06. The van der Waals surface area contributed by atoms with Crippen molar-refractivity contribution in [2.45, 2.75) is 31.5 Å². The second-order valence-electron chi connectivity index (χ2n) is 8.20. The van der Waals surface area contributed by atoms with Crippen LogP contribution in [-0.2, 0) is 18.6 Å². The van der Waals surface area contributed by atoms with E-state index >= 15 is 0 Å². The molecule has 1 aliphatic rings. The molecule has 0 radical (unpaired) electrons. The summed E-state index contributed by atoms with van der Waals surface area (Å²) >= 11 is 1.43. The van der Waals surface area contributed by atoms with E-state index < -0.39 is 23.3 Å². The van der Waals surface area contributed by atoms with Gasteiger partial charge in [-0.25, -0.2) is 18.2 Å². The summed E-state index contributed by atoms with van der Waals surface area (Å²) in [4.78, 5) is 8.44. The molecule has 6 nitrogen and oxygen atoms in total. The first-order chi connectivity index (χ1) is 16.2. The molecule has 3 aromatic rings. The number of hydrogen-bond acceptors (Lipinski definition) is 6. The van der Waals surface area contributed by atoms with Crippen LogP contribution in [0.5, 0.6) is 0 Å². The summed E-state index contributed by atoms with van der Waals surface area (Å²) in [5.41, 5.74) is -0.500. The second-order valence-corrected chi connectivity index (χ2v) is 9.28. The molecule has 1 aliphatic heterocycles. The van der Waals surface area contributed by atoms with Gasteiger partial charge in [-0.2, -0.15) is 5.26 Å². The van der Waals surface area contributed by atoms with Crippen LogP contribution in [0.3, 0.4) is 0 Å². The van der Waals surface area contributed by atoms with Crippen molar-refractivity contribution in [3.63, 3.8) is 0 Å². The number of fused-ring (bicyclic) bond motifs is 1. The van der Waals surface area contributed by atoms with Crippen LogP contribution in [0.15, 0.2) is 42.5 Å². The minimum Gasteiger partial charge on any atom is -0.381 e. The predicted octanol–water partition coefficient (Wildman–Crippen LogP) is 4.25. The van der Waals surface area contributed by atoms with Gasteiger partial charge < -0.3 is 5.11 Å². The fourth-order valence-corrected chi connectivity index (χ4v) is 5.38. The van der Waals surface area contributed by atoms with E-state index in [1.165, 1.54) is 29.5 Å². The molecule has 0 unspecified atom stereocenters. The van der Waals surface area contributed by atoms with E-state index in [4.69, 9.17) is 5.41 Å². The Morgan fingerprint density at radius 2 is 2.06 bits per heavy atom. The van der Waals surface area contributed by atoms with Crippen molar-refractivity contribution >= 4 is 17.7 Å². The zero-order valence-electron chi connectivity index (χ0n) is 18.3. The molecule has 176 valence electrons. The number of aromatic nitrogens is 1. The van der Waals surface area contributed by atoms with Gasteiger partial charge in [-0.3, -0.25) is 15.2 Å². The van der Waals surface area contributed by atoms with Crippen LogP contribution in [0.4, 0.5) is 13.2 Å². The van der Waals surface area contributed by atoms with Crippen LogP contribution < -0.4 is 0 Å². The molecule has 2 aromatic carbocycles. The van der Waals surface area contributed by atoms with Crippen LogP contribution >= 0.6 is 11.3 Å². The van der Waals surface area contributed by atoms with Gasteiger partial charge in [0.05, 0.1) is 18.6 Å². The number of nitrogens with one attached hydrogen (secondary N) is 1. The summed E-state index contributed by atoms with van der Waals surface area (Å²) < 4.78 is 42.0. The van der Waals surface area contributed by atoms with Gasteiger partial charge in [0, 0.05) is 47.6 Å². The average molecular weight is 486 g/mol.